The van der Waals surface area contributed by atoms with Crippen LogP contribution in [0.4, 0.5) is 0 Å². The predicted octanol–water partition coefficient (Wildman–Crippen LogP) is 2.49. The third-order valence-corrected chi connectivity index (χ3v) is 2.61. The number of Topliss-reactive ketones (excluding diaryl/α,β-unsaturated/α-hetero) is 1. The van der Waals surface area contributed by atoms with Gasteiger partial charge in [-0.25, -0.2) is 0 Å². The molecule has 0 saturated heterocycles. The first-order valence-electron chi connectivity index (χ1n) is 5.46. The second-order valence-electron chi connectivity index (χ2n) is 3.83. The smallest absolute Gasteiger partial charge is 0.164 e. The lowest BCUT2D eigenvalue weighted by atomic mass is 10.0. The highest BCUT2D eigenvalue weighted by Gasteiger charge is 2.05. The fourth-order valence-corrected chi connectivity index (χ4v) is 1.44. The number of nitrogens with one attached hydrogen (secondary N) is 1. The normalized spacial score (nSPS) is 10.3. The van der Waals surface area contributed by atoms with Crippen LogP contribution < -0.4 is 5.32 Å². The minimum atomic E-state index is 0.221. The molecular weight excluding hydrogens is 186 g/mol. The zero-order valence-electron chi connectivity index (χ0n) is 9.76. The molecule has 0 unspecified atom stereocenters. The van der Waals surface area contributed by atoms with Gasteiger partial charge in [-0.1, -0.05) is 19.1 Å². The maximum Gasteiger partial charge on any atom is 0.164 e. The summed E-state index contributed by atoms with van der Waals surface area (Å²) in [5.74, 6) is 0.221. The quantitative estimate of drug-likeness (QED) is 0.591. The van der Waals surface area contributed by atoms with Gasteiger partial charge in [0.05, 0.1) is 0 Å². The Morgan fingerprint density at radius 2 is 2.00 bits per heavy atom. The first kappa shape index (κ1) is 11.9. The van der Waals surface area contributed by atoms with E-state index in [1.54, 1.807) is 0 Å². The van der Waals surface area contributed by atoms with E-state index in [4.69, 9.17) is 0 Å². The molecule has 1 aromatic rings. The first-order chi connectivity index (χ1) is 7.15. The van der Waals surface area contributed by atoms with Crippen LogP contribution in [0, 0.1) is 13.8 Å². The summed E-state index contributed by atoms with van der Waals surface area (Å²) in [6, 6.07) is 5.90. The van der Waals surface area contributed by atoms with Crippen LogP contribution in [0.2, 0.25) is 0 Å². The molecule has 82 valence electrons. The number of aryl methyl sites for hydroxylation is 2. The van der Waals surface area contributed by atoms with E-state index in [1.807, 2.05) is 32.0 Å². The van der Waals surface area contributed by atoms with Crippen LogP contribution in [-0.4, -0.2) is 18.9 Å². The van der Waals surface area contributed by atoms with Gasteiger partial charge in [-0.3, -0.25) is 4.79 Å². The van der Waals surface area contributed by atoms with Crippen molar-refractivity contribution < 1.29 is 4.79 Å². The molecule has 0 atom stereocenters. The minimum Gasteiger partial charge on any atom is -0.317 e. The van der Waals surface area contributed by atoms with Gasteiger partial charge >= 0.3 is 0 Å². The number of carbonyl (C=O) groups is 1. The third kappa shape index (κ3) is 3.48. The summed E-state index contributed by atoms with van der Waals surface area (Å²) in [5.41, 5.74) is 3.25. The molecule has 0 saturated carbocycles. The van der Waals surface area contributed by atoms with Crippen molar-refractivity contribution in [2.24, 2.45) is 0 Å². The Kier molecular flexibility index (Phi) is 4.50. The number of ketones is 1. The van der Waals surface area contributed by atoms with Gasteiger partial charge in [0.15, 0.2) is 5.78 Å². The summed E-state index contributed by atoms with van der Waals surface area (Å²) < 4.78 is 0. The van der Waals surface area contributed by atoms with Gasteiger partial charge in [-0.05, 0) is 37.6 Å². The van der Waals surface area contributed by atoms with E-state index in [0.717, 1.165) is 18.7 Å². The molecule has 0 bridgehead atoms. The summed E-state index contributed by atoms with van der Waals surface area (Å²) in [7, 11) is 0. The molecule has 0 aliphatic rings. The molecule has 0 spiro atoms. The molecule has 0 aliphatic heterocycles. The van der Waals surface area contributed by atoms with Crippen LogP contribution in [0.25, 0.3) is 0 Å². The Morgan fingerprint density at radius 3 is 2.60 bits per heavy atom. The molecule has 2 heteroatoms. The number of hydrogen-bond acceptors (Lipinski definition) is 2. The second kappa shape index (κ2) is 5.66. The lowest BCUT2D eigenvalue weighted by Gasteiger charge is -2.04. The molecule has 0 heterocycles. The highest BCUT2D eigenvalue weighted by molar-refractivity contribution is 5.96. The molecule has 1 aromatic carbocycles. The molecule has 0 amide bonds. The average Bonchev–Trinajstić information content (AvgIpc) is 2.22. The van der Waals surface area contributed by atoms with Gasteiger partial charge in [-0.2, -0.15) is 0 Å². The van der Waals surface area contributed by atoms with Crippen LogP contribution in [0.5, 0.6) is 0 Å². The van der Waals surface area contributed by atoms with Gasteiger partial charge < -0.3 is 5.32 Å². The van der Waals surface area contributed by atoms with Crippen molar-refractivity contribution in [1.29, 1.82) is 0 Å². The second-order valence-corrected chi connectivity index (χ2v) is 3.83. The zero-order chi connectivity index (χ0) is 11.3. The maximum absolute atomic E-state index is 11.7. The van der Waals surface area contributed by atoms with Crippen molar-refractivity contribution in [1.82, 2.24) is 5.32 Å². The third-order valence-electron chi connectivity index (χ3n) is 2.61. The number of hydrogen-bond donors (Lipinski definition) is 1. The Balaban J connectivity index is 2.62. The number of carbonyl (C=O) groups excluding carboxylic acids is 1. The van der Waals surface area contributed by atoms with Gasteiger partial charge in [0, 0.05) is 18.5 Å². The average molecular weight is 205 g/mol. The first-order valence-corrected chi connectivity index (χ1v) is 5.46. The van der Waals surface area contributed by atoms with Crippen LogP contribution >= 0.6 is 0 Å². The Morgan fingerprint density at radius 1 is 1.27 bits per heavy atom. The van der Waals surface area contributed by atoms with E-state index in [9.17, 15) is 4.79 Å². The van der Waals surface area contributed by atoms with Crippen molar-refractivity contribution in [2.45, 2.75) is 27.2 Å². The van der Waals surface area contributed by atoms with Gasteiger partial charge in [0.2, 0.25) is 0 Å². The van der Waals surface area contributed by atoms with Crippen molar-refractivity contribution in [3.8, 4) is 0 Å². The lowest BCUT2D eigenvalue weighted by Crippen LogP contribution is -2.17. The largest absolute Gasteiger partial charge is 0.317 e. The maximum atomic E-state index is 11.7. The number of benzene rings is 1. The van der Waals surface area contributed by atoms with E-state index in [2.05, 4.69) is 12.2 Å². The van der Waals surface area contributed by atoms with Crippen LogP contribution in [0.15, 0.2) is 18.2 Å². The molecule has 0 fully saturated rings. The van der Waals surface area contributed by atoms with Crippen molar-refractivity contribution >= 4 is 5.78 Å². The highest BCUT2D eigenvalue weighted by atomic mass is 16.1. The molecule has 0 aromatic heterocycles. The fourth-order valence-electron chi connectivity index (χ4n) is 1.44. The monoisotopic (exact) mass is 205 g/mol. The van der Waals surface area contributed by atoms with E-state index < -0.39 is 0 Å². The Labute approximate surface area is 91.7 Å². The standard InChI is InChI=1S/C13H19NO/c1-4-14-8-7-13(15)12-6-5-10(2)11(3)9-12/h5-6,9,14H,4,7-8H2,1-3H3. The molecule has 0 aliphatic carbocycles. The molecule has 1 rings (SSSR count). The summed E-state index contributed by atoms with van der Waals surface area (Å²) in [5, 5.41) is 3.15. The topological polar surface area (TPSA) is 29.1 Å². The van der Waals surface area contributed by atoms with E-state index in [0.29, 0.717) is 6.42 Å². The SMILES string of the molecule is CCNCCC(=O)c1ccc(C)c(C)c1. The molecule has 2 nitrogen and oxygen atoms in total. The summed E-state index contributed by atoms with van der Waals surface area (Å²) in [6.45, 7) is 7.82. The summed E-state index contributed by atoms with van der Waals surface area (Å²) in [4.78, 5) is 11.7. The number of rotatable bonds is 5. The minimum absolute atomic E-state index is 0.221. The molecule has 0 radical (unpaired) electrons. The zero-order valence-corrected chi connectivity index (χ0v) is 9.76. The lowest BCUT2D eigenvalue weighted by molar-refractivity contribution is 0.0982. The van der Waals surface area contributed by atoms with E-state index >= 15 is 0 Å². The van der Waals surface area contributed by atoms with Crippen LogP contribution in [-0.2, 0) is 0 Å². The predicted molar refractivity (Wildman–Crippen MR) is 63.4 cm³/mol. The van der Waals surface area contributed by atoms with Gasteiger partial charge in [0.25, 0.3) is 0 Å². The molecular formula is C13H19NO. The Hall–Kier alpha value is -1.15. The fraction of sp³-hybridized carbons (Fsp3) is 0.462. The molecule has 1 N–H and O–H groups in total. The Bertz CT molecular complexity index is 344. The summed E-state index contributed by atoms with van der Waals surface area (Å²) in [6.07, 6.45) is 0.580. The van der Waals surface area contributed by atoms with Gasteiger partial charge in [-0.15, -0.1) is 0 Å². The highest BCUT2D eigenvalue weighted by Crippen LogP contribution is 2.11. The van der Waals surface area contributed by atoms with Crippen LogP contribution in [0.1, 0.15) is 34.8 Å². The van der Waals surface area contributed by atoms with Crippen molar-refractivity contribution in [2.75, 3.05) is 13.1 Å². The summed E-state index contributed by atoms with van der Waals surface area (Å²) >= 11 is 0. The van der Waals surface area contributed by atoms with E-state index in [-0.39, 0.29) is 5.78 Å². The van der Waals surface area contributed by atoms with Gasteiger partial charge in [0.1, 0.15) is 0 Å². The van der Waals surface area contributed by atoms with Crippen LogP contribution in [0.3, 0.4) is 0 Å². The van der Waals surface area contributed by atoms with Crippen molar-refractivity contribution in [3.05, 3.63) is 34.9 Å². The van der Waals surface area contributed by atoms with E-state index in [1.165, 1.54) is 11.1 Å². The molecule has 15 heavy (non-hydrogen) atoms. The van der Waals surface area contributed by atoms with Crippen molar-refractivity contribution in [3.63, 3.8) is 0 Å².